The molecule has 0 radical (unpaired) electrons. The van der Waals surface area contributed by atoms with E-state index in [9.17, 15) is 26.4 Å². The molecular weight excluding hydrogens is 549 g/mol. The summed E-state index contributed by atoms with van der Waals surface area (Å²) < 4.78 is 69.9. The van der Waals surface area contributed by atoms with Gasteiger partial charge in [-0.2, -0.15) is 5.10 Å². The molecule has 3 aliphatic rings. The molecule has 4 N–H and O–H groups in total. The molecule has 2 saturated carbocycles. The first-order valence-corrected chi connectivity index (χ1v) is 14.7. The van der Waals surface area contributed by atoms with E-state index in [1.165, 1.54) is 29.1 Å². The summed E-state index contributed by atoms with van der Waals surface area (Å²) in [6.45, 7) is 0. The highest BCUT2D eigenvalue weighted by Crippen LogP contribution is 2.42. The van der Waals surface area contributed by atoms with Gasteiger partial charge in [-0.25, -0.2) is 26.3 Å². The smallest absolute Gasteiger partial charge is 0.282 e. The lowest BCUT2D eigenvalue weighted by Crippen LogP contribution is -2.45. The number of anilines is 2. The largest absolute Gasteiger partial charge is 0.359 e. The van der Waals surface area contributed by atoms with E-state index in [0.717, 1.165) is 17.7 Å². The quantitative estimate of drug-likeness (QED) is 0.356. The van der Waals surface area contributed by atoms with Gasteiger partial charge in [0, 0.05) is 36.0 Å². The second-order valence-electron chi connectivity index (χ2n) is 9.73. The first-order chi connectivity index (χ1) is 17.5. The maximum atomic E-state index is 13.4. The molecule has 0 aliphatic heterocycles. The lowest BCUT2D eigenvalue weighted by molar-refractivity contribution is -0.117. The van der Waals surface area contributed by atoms with Gasteiger partial charge >= 0.3 is 0 Å². The molecule has 0 unspecified atom stereocenters. The maximum Gasteiger partial charge on any atom is 0.282 e. The average molecular weight is 577 g/mol. The summed E-state index contributed by atoms with van der Waals surface area (Å²) in [6.07, 6.45) is -0.368. The number of aromatic nitrogens is 2. The molecule has 0 saturated heterocycles. The van der Waals surface area contributed by atoms with Crippen LogP contribution in [0, 0.1) is 5.92 Å². The highest BCUT2D eigenvalue weighted by atomic mass is 32.2. The van der Waals surface area contributed by atoms with E-state index in [0.29, 0.717) is 35.6 Å². The second kappa shape index (κ2) is 10.2. The molecule has 5 rings (SSSR count). The monoisotopic (exact) mass is 576 g/mol. The third-order valence-corrected chi connectivity index (χ3v) is 9.96. The minimum Gasteiger partial charge on any atom is -0.359 e. The van der Waals surface area contributed by atoms with Gasteiger partial charge in [0.25, 0.3) is 6.43 Å². The standard InChI is InChI=1S/C22H27F3N6O3S3/c1-31-17(9-15(29-31)19(24)25)27-22(35)26-12-4-5-16-14(8-12)18(21(36-16)28-20(32)10-2-3-10)37(33,34)30-13-6-11(23)7-13/h9-13,19,30H,2-8H2,1H3,(H,28,32)(H2,26,27,35)/t11-,12-,13-/m0/s1. The number of sulfonamides is 1. The summed E-state index contributed by atoms with van der Waals surface area (Å²) in [6, 6.07) is 0.503. The van der Waals surface area contributed by atoms with Crippen LogP contribution in [0.25, 0.3) is 0 Å². The van der Waals surface area contributed by atoms with E-state index in [1.54, 1.807) is 0 Å². The molecule has 2 aromatic rings. The number of thiocarbonyl (C=S) groups is 1. The van der Waals surface area contributed by atoms with E-state index in [-0.39, 0.29) is 46.4 Å². The summed E-state index contributed by atoms with van der Waals surface area (Å²) in [7, 11) is -2.50. The fourth-order valence-electron chi connectivity index (χ4n) is 4.58. The Kier molecular flexibility index (Phi) is 7.24. The Morgan fingerprint density at radius 3 is 2.57 bits per heavy atom. The highest BCUT2D eigenvalue weighted by Gasteiger charge is 2.39. The molecule has 2 fully saturated rings. The number of carbonyl (C=O) groups excluding carboxylic acids is 1. The van der Waals surface area contributed by atoms with Crippen molar-refractivity contribution in [3.63, 3.8) is 0 Å². The van der Waals surface area contributed by atoms with Crippen LogP contribution in [0.1, 0.15) is 54.7 Å². The molecule has 9 nitrogen and oxygen atoms in total. The van der Waals surface area contributed by atoms with Gasteiger partial charge in [0.15, 0.2) is 5.11 Å². The summed E-state index contributed by atoms with van der Waals surface area (Å²) in [4.78, 5) is 13.4. The Bertz CT molecular complexity index is 1320. The first-order valence-electron chi connectivity index (χ1n) is 12.0. The van der Waals surface area contributed by atoms with Gasteiger partial charge in [-0.1, -0.05) is 0 Å². The van der Waals surface area contributed by atoms with Crippen LogP contribution < -0.4 is 20.7 Å². The van der Waals surface area contributed by atoms with Crippen LogP contribution in [0.5, 0.6) is 0 Å². The summed E-state index contributed by atoms with van der Waals surface area (Å²) in [5, 5.41) is 13.1. The van der Waals surface area contributed by atoms with Crippen molar-refractivity contribution in [3.8, 4) is 0 Å². The van der Waals surface area contributed by atoms with Crippen LogP contribution in [0.2, 0.25) is 0 Å². The molecule has 3 aliphatic carbocycles. The number of halogens is 3. The average Bonchev–Trinajstić information content (AvgIpc) is 3.49. The molecule has 1 amide bonds. The van der Waals surface area contributed by atoms with Crippen LogP contribution in [0.4, 0.5) is 24.0 Å². The second-order valence-corrected chi connectivity index (χ2v) is 12.9. The predicted molar refractivity (Wildman–Crippen MR) is 137 cm³/mol. The van der Waals surface area contributed by atoms with Crippen molar-refractivity contribution in [2.75, 3.05) is 10.6 Å². The number of amides is 1. The Balaban J connectivity index is 1.34. The van der Waals surface area contributed by atoms with Crippen molar-refractivity contribution in [2.24, 2.45) is 13.0 Å². The number of hydrogen-bond donors (Lipinski definition) is 4. The zero-order valence-corrected chi connectivity index (χ0v) is 22.3. The third kappa shape index (κ3) is 5.78. The van der Waals surface area contributed by atoms with Gasteiger partial charge in [-0.3, -0.25) is 9.48 Å². The molecule has 0 aromatic carbocycles. The van der Waals surface area contributed by atoms with Crippen molar-refractivity contribution in [3.05, 3.63) is 22.2 Å². The van der Waals surface area contributed by atoms with Crippen LogP contribution in [-0.4, -0.2) is 47.5 Å². The number of nitrogens with zero attached hydrogens (tertiary/aromatic N) is 2. The molecular formula is C22H27F3N6O3S3. The zero-order valence-electron chi connectivity index (χ0n) is 19.9. The van der Waals surface area contributed by atoms with Crippen molar-refractivity contribution < 1.29 is 26.4 Å². The van der Waals surface area contributed by atoms with E-state index in [2.05, 4.69) is 25.8 Å². The van der Waals surface area contributed by atoms with E-state index in [4.69, 9.17) is 12.2 Å². The van der Waals surface area contributed by atoms with Gasteiger partial charge in [-0.15, -0.1) is 11.3 Å². The van der Waals surface area contributed by atoms with Crippen LogP contribution in [0.15, 0.2) is 11.0 Å². The number of carbonyl (C=O) groups is 1. The van der Waals surface area contributed by atoms with Crippen molar-refractivity contribution in [2.45, 2.75) is 74.5 Å². The lowest BCUT2D eigenvalue weighted by atomic mass is 9.92. The van der Waals surface area contributed by atoms with E-state index >= 15 is 0 Å². The Labute approximate surface area is 221 Å². The number of fused-ring (bicyclic) bond motifs is 1. The Morgan fingerprint density at radius 2 is 1.95 bits per heavy atom. The van der Waals surface area contributed by atoms with Gasteiger partial charge in [0.1, 0.15) is 27.6 Å². The number of rotatable bonds is 8. The Morgan fingerprint density at radius 1 is 1.22 bits per heavy atom. The van der Waals surface area contributed by atoms with Gasteiger partial charge in [-0.05, 0) is 62.7 Å². The maximum absolute atomic E-state index is 13.4. The van der Waals surface area contributed by atoms with Crippen LogP contribution >= 0.6 is 23.6 Å². The topological polar surface area (TPSA) is 117 Å². The molecule has 15 heteroatoms. The number of hydrogen-bond acceptors (Lipinski definition) is 6. The zero-order chi connectivity index (χ0) is 26.5. The fourth-order valence-corrected chi connectivity index (χ4v) is 8.09. The predicted octanol–water partition coefficient (Wildman–Crippen LogP) is 3.39. The molecule has 2 aromatic heterocycles. The van der Waals surface area contributed by atoms with Crippen LogP contribution in [0.3, 0.4) is 0 Å². The number of aryl methyl sites for hydroxylation is 2. The molecule has 1 atom stereocenters. The number of alkyl halides is 3. The molecule has 37 heavy (non-hydrogen) atoms. The Hall–Kier alpha value is -2.23. The third-order valence-electron chi connectivity index (χ3n) is 6.77. The molecule has 2 heterocycles. The van der Waals surface area contributed by atoms with E-state index < -0.39 is 28.7 Å². The number of thiophene rings is 1. The van der Waals surface area contributed by atoms with Crippen molar-refractivity contribution >= 4 is 55.4 Å². The number of nitrogens with one attached hydrogen (secondary N) is 4. The van der Waals surface area contributed by atoms with Gasteiger partial charge in [0.05, 0.1) is 0 Å². The van der Waals surface area contributed by atoms with Gasteiger partial charge < -0.3 is 16.0 Å². The molecule has 0 spiro atoms. The van der Waals surface area contributed by atoms with Crippen LogP contribution in [-0.2, 0) is 34.7 Å². The minimum atomic E-state index is -4.01. The lowest BCUT2D eigenvalue weighted by Gasteiger charge is -2.30. The minimum absolute atomic E-state index is 0.0439. The molecule has 202 valence electrons. The first kappa shape index (κ1) is 26.4. The normalized spacial score (nSPS) is 23.3. The highest BCUT2D eigenvalue weighted by molar-refractivity contribution is 7.90. The van der Waals surface area contributed by atoms with E-state index in [1.807, 2.05) is 0 Å². The molecule has 0 bridgehead atoms. The van der Waals surface area contributed by atoms with Crippen molar-refractivity contribution in [1.82, 2.24) is 19.8 Å². The fraction of sp³-hybridized carbons (Fsp3) is 0.591. The summed E-state index contributed by atoms with van der Waals surface area (Å²) in [5.74, 6) is 0.00275. The summed E-state index contributed by atoms with van der Waals surface area (Å²) >= 11 is 6.64. The van der Waals surface area contributed by atoms with Gasteiger partial charge in [0.2, 0.25) is 15.9 Å². The van der Waals surface area contributed by atoms with Crippen molar-refractivity contribution in [1.29, 1.82) is 0 Å². The summed E-state index contributed by atoms with van der Waals surface area (Å²) in [5.41, 5.74) is 0.230. The SMILES string of the molecule is Cn1nc(C(F)F)cc1NC(=S)N[C@H]1CCc2sc(NC(=O)C3CC3)c(S(=O)(=O)N[C@H]3C[C@H](F)C3)c2C1.